The summed E-state index contributed by atoms with van der Waals surface area (Å²) in [7, 11) is 0. The topological polar surface area (TPSA) is 135 Å². The van der Waals surface area contributed by atoms with Crippen molar-refractivity contribution in [2.75, 3.05) is 19.9 Å². The van der Waals surface area contributed by atoms with Gasteiger partial charge in [-0.1, -0.05) is 6.07 Å². The van der Waals surface area contributed by atoms with Crippen LogP contribution in [0.5, 0.6) is 11.5 Å². The second kappa shape index (κ2) is 7.49. The van der Waals surface area contributed by atoms with Crippen LogP contribution in [-0.2, 0) is 19.9 Å². The number of ether oxygens (including phenoxy) is 3. The summed E-state index contributed by atoms with van der Waals surface area (Å²) in [6.45, 7) is 4.78. The molecule has 3 heterocycles. The molecule has 0 unspecified atom stereocenters. The van der Waals surface area contributed by atoms with Crippen LogP contribution in [0.3, 0.4) is 0 Å². The van der Waals surface area contributed by atoms with Gasteiger partial charge in [-0.25, -0.2) is 14.4 Å². The van der Waals surface area contributed by atoms with Crippen molar-refractivity contribution in [2.45, 2.75) is 32.4 Å². The Kier molecular flexibility index (Phi) is 4.96. The number of rotatable bonds is 5. The second-order valence-electron chi connectivity index (χ2n) is 7.45. The van der Waals surface area contributed by atoms with E-state index in [1.54, 1.807) is 39.0 Å². The van der Waals surface area contributed by atoms with Gasteiger partial charge in [0.25, 0.3) is 5.91 Å². The summed E-state index contributed by atoms with van der Waals surface area (Å²) in [5.74, 6) is -0.141. The molecular formula is C20H22N4O7. The van der Waals surface area contributed by atoms with Gasteiger partial charge >= 0.3 is 18.0 Å². The molecule has 4 rings (SSSR count). The zero-order valence-corrected chi connectivity index (χ0v) is 17.2. The molecule has 1 aromatic carbocycles. The average Bonchev–Trinajstić information content (AvgIpc) is 3.26. The predicted molar refractivity (Wildman–Crippen MR) is 105 cm³/mol. The molecule has 3 N–H and O–H groups in total. The number of carbonyl (C=O) groups is 4. The van der Waals surface area contributed by atoms with Crippen molar-refractivity contribution in [1.82, 2.24) is 20.9 Å². The monoisotopic (exact) mass is 430 g/mol. The maximum absolute atomic E-state index is 13.3. The van der Waals surface area contributed by atoms with E-state index in [-0.39, 0.29) is 31.2 Å². The molecule has 0 saturated carbocycles. The van der Waals surface area contributed by atoms with Crippen molar-refractivity contribution in [3.63, 3.8) is 0 Å². The van der Waals surface area contributed by atoms with Gasteiger partial charge in [0.05, 0.1) is 30.5 Å². The molecule has 164 valence electrons. The number of imide groups is 1. The Morgan fingerprint density at radius 1 is 1.26 bits per heavy atom. The molecular weight excluding hydrogens is 408 g/mol. The number of benzene rings is 1. The number of carbonyl (C=O) groups excluding carboxylic acids is 4. The molecule has 0 spiro atoms. The highest BCUT2D eigenvalue weighted by atomic mass is 16.7. The fraction of sp³-hybridized carbons (Fsp3) is 0.400. The highest BCUT2D eigenvalue weighted by Gasteiger charge is 2.50. The van der Waals surface area contributed by atoms with Crippen LogP contribution in [0.2, 0.25) is 0 Å². The number of urea groups is 2. The van der Waals surface area contributed by atoms with E-state index in [0.29, 0.717) is 17.1 Å². The first-order valence-corrected chi connectivity index (χ1v) is 9.76. The molecule has 3 aliphatic rings. The fourth-order valence-electron chi connectivity index (χ4n) is 3.81. The van der Waals surface area contributed by atoms with Crippen molar-refractivity contribution in [3.05, 3.63) is 35.0 Å². The van der Waals surface area contributed by atoms with Crippen LogP contribution in [0.4, 0.5) is 9.59 Å². The van der Waals surface area contributed by atoms with Gasteiger partial charge in [0, 0.05) is 0 Å². The number of esters is 1. The lowest BCUT2D eigenvalue weighted by Crippen LogP contribution is -2.52. The van der Waals surface area contributed by atoms with Crippen LogP contribution in [0, 0.1) is 0 Å². The summed E-state index contributed by atoms with van der Waals surface area (Å²) >= 11 is 0. The van der Waals surface area contributed by atoms with E-state index in [0.717, 1.165) is 4.90 Å². The van der Waals surface area contributed by atoms with Gasteiger partial charge in [-0.05, 0) is 38.5 Å². The lowest BCUT2D eigenvalue weighted by atomic mass is 9.91. The van der Waals surface area contributed by atoms with E-state index in [1.165, 1.54) is 0 Å². The molecule has 1 fully saturated rings. The third-order valence-corrected chi connectivity index (χ3v) is 5.41. The third kappa shape index (κ3) is 3.41. The minimum Gasteiger partial charge on any atom is -0.463 e. The number of fused-ring (bicyclic) bond motifs is 1. The Balaban J connectivity index is 1.65. The van der Waals surface area contributed by atoms with Gasteiger partial charge in [-0.3, -0.25) is 9.69 Å². The van der Waals surface area contributed by atoms with Crippen molar-refractivity contribution in [3.8, 4) is 11.5 Å². The number of nitrogens with one attached hydrogen (secondary N) is 3. The summed E-state index contributed by atoms with van der Waals surface area (Å²) in [5, 5.41) is 7.79. The van der Waals surface area contributed by atoms with Crippen LogP contribution in [0.25, 0.3) is 0 Å². The normalized spacial score (nSPS) is 24.7. The van der Waals surface area contributed by atoms with Gasteiger partial charge in [-0.15, -0.1) is 0 Å². The van der Waals surface area contributed by atoms with Gasteiger partial charge in [0.1, 0.15) is 5.54 Å². The lowest BCUT2D eigenvalue weighted by Gasteiger charge is -2.28. The second-order valence-corrected chi connectivity index (χ2v) is 7.45. The van der Waals surface area contributed by atoms with Crippen LogP contribution >= 0.6 is 0 Å². The molecule has 0 aromatic heterocycles. The summed E-state index contributed by atoms with van der Waals surface area (Å²) in [6.07, 6.45) is 0. The van der Waals surface area contributed by atoms with E-state index in [4.69, 9.17) is 14.2 Å². The van der Waals surface area contributed by atoms with Crippen molar-refractivity contribution in [2.24, 2.45) is 0 Å². The Hall–Kier alpha value is -3.76. The lowest BCUT2D eigenvalue weighted by molar-refractivity contribution is -0.139. The van der Waals surface area contributed by atoms with E-state index in [1.807, 2.05) is 0 Å². The number of nitrogens with zero attached hydrogens (tertiary/aromatic N) is 1. The zero-order chi connectivity index (χ0) is 22.3. The number of hydrogen-bond donors (Lipinski definition) is 3. The third-order valence-electron chi connectivity index (χ3n) is 5.41. The molecule has 0 bridgehead atoms. The molecule has 3 aliphatic heterocycles. The van der Waals surface area contributed by atoms with Gasteiger partial charge < -0.3 is 30.2 Å². The molecule has 31 heavy (non-hydrogen) atoms. The molecule has 5 amide bonds. The van der Waals surface area contributed by atoms with Gasteiger partial charge in [0.15, 0.2) is 11.5 Å². The Bertz CT molecular complexity index is 1020. The van der Waals surface area contributed by atoms with Gasteiger partial charge in [-0.2, -0.15) is 0 Å². The molecule has 1 aromatic rings. The Labute approximate surface area is 177 Å². The quantitative estimate of drug-likeness (QED) is 0.462. The highest BCUT2D eigenvalue weighted by Crippen LogP contribution is 2.38. The SMILES string of the molecule is CCOC(=O)C1=C(CN2C(=O)N[C@@](C)(c3ccc4c(c3)OCO4)C2=O)NC(=O)N[C@H]1C. The molecule has 1 saturated heterocycles. The fourth-order valence-corrected chi connectivity index (χ4v) is 3.81. The number of amides is 5. The maximum Gasteiger partial charge on any atom is 0.337 e. The Morgan fingerprint density at radius 3 is 2.74 bits per heavy atom. The minimum atomic E-state index is -1.36. The van der Waals surface area contributed by atoms with Crippen LogP contribution in [-0.4, -0.2) is 54.8 Å². The Morgan fingerprint density at radius 2 is 2.00 bits per heavy atom. The molecule has 2 atom stereocenters. The standard InChI is InChI=1S/C20H22N4O7/c1-4-29-16(25)15-10(2)21-18(27)22-12(15)8-24-17(26)20(3,23-19(24)28)11-5-6-13-14(7-11)31-9-30-13/h5-7,10H,4,8-9H2,1-3H3,(H,23,28)(H2,21,22,27)/t10-,20-/m0/s1. The summed E-state index contributed by atoms with van der Waals surface area (Å²) in [6, 6.07) is 3.14. The number of hydrogen-bond acceptors (Lipinski definition) is 7. The van der Waals surface area contributed by atoms with E-state index >= 15 is 0 Å². The summed E-state index contributed by atoms with van der Waals surface area (Å²) in [5.41, 5.74) is -0.558. The molecule has 0 radical (unpaired) electrons. The van der Waals surface area contributed by atoms with Crippen LogP contribution in [0.15, 0.2) is 29.5 Å². The van der Waals surface area contributed by atoms with Crippen molar-refractivity contribution in [1.29, 1.82) is 0 Å². The van der Waals surface area contributed by atoms with E-state index in [9.17, 15) is 19.2 Å². The summed E-state index contributed by atoms with van der Waals surface area (Å²) < 4.78 is 15.7. The van der Waals surface area contributed by atoms with Gasteiger partial charge in [0.2, 0.25) is 6.79 Å². The van der Waals surface area contributed by atoms with Crippen LogP contribution < -0.4 is 25.4 Å². The first kappa shape index (κ1) is 20.5. The minimum absolute atomic E-state index is 0.0820. The molecule has 11 heteroatoms. The first-order chi connectivity index (χ1) is 14.7. The van der Waals surface area contributed by atoms with Crippen molar-refractivity contribution >= 4 is 23.9 Å². The maximum atomic E-state index is 13.3. The largest absolute Gasteiger partial charge is 0.463 e. The molecule has 0 aliphatic carbocycles. The van der Waals surface area contributed by atoms with Crippen molar-refractivity contribution < 1.29 is 33.4 Å². The first-order valence-electron chi connectivity index (χ1n) is 9.76. The van der Waals surface area contributed by atoms with E-state index < -0.39 is 35.5 Å². The smallest absolute Gasteiger partial charge is 0.337 e. The molecule has 11 nitrogen and oxygen atoms in total. The highest BCUT2D eigenvalue weighted by molar-refractivity contribution is 6.07. The predicted octanol–water partition coefficient (Wildman–Crippen LogP) is 0.701. The van der Waals surface area contributed by atoms with E-state index in [2.05, 4.69) is 16.0 Å². The average molecular weight is 430 g/mol. The summed E-state index contributed by atoms with van der Waals surface area (Å²) in [4.78, 5) is 51.3. The zero-order valence-electron chi connectivity index (χ0n) is 17.2. The van der Waals surface area contributed by atoms with Crippen LogP contribution in [0.1, 0.15) is 26.3 Å².